The molecule has 0 spiro atoms. The van der Waals surface area contributed by atoms with E-state index >= 15 is 0 Å². The molecule has 0 saturated heterocycles. The van der Waals surface area contributed by atoms with Crippen molar-refractivity contribution < 1.29 is 14.7 Å². The first-order chi connectivity index (χ1) is 8.51. The second-order valence-corrected chi connectivity index (χ2v) is 5.07. The minimum absolute atomic E-state index is 0.327. The molecule has 0 fully saturated rings. The van der Waals surface area contributed by atoms with Crippen molar-refractivity contribution in [3.8, 4) is 0 Å². The van der Waals surface area contributed by atoms with Crippen LogP contribution in [0.1, 0.15) is 24.9 Å². The molecule has 0 aliphatic rings. The van der Waals surface area contributed by atoms with Crippen molar-refractivity contribution in [1.82, 2.24) is 4.90 Å². The van der Waals surface area contributed by atoms with Crippen LogP contribution in [-0.4, -0.2) is 28.9 Å². The van der Waals surface area contributed by atoms with Crippen LogP contribution in [0.4, 0.5) is 0 Å². The summed E-state index contributed by atoms with van der Waals surface area (Å²) in [5.74, 6) is -1.10. The van der Waals surface area contributed by atoms with Crippen molar-refractivity contribution in [3.63, 3.8) is 0 Å². The zero-order chi connectivity index (χ0) is 13.7. The Morgan fingerprint density at radius 1 is 1.61 bits per heavy atom. The number of nitrogens with zero attached hydrogens (tertiary/aromatic N) is 1. The lowest BCUT2D eigenvalue weighted by atomic mass is 10.1. The van der Waals surface area contributed by atoms with E-state index in [2.05, 4.69) is 15.9 Å². The maximum Gasteiger partial charge on any atom is 0.331 e. The van der Waals surface area contributed by atoms with E-state index in [1.165, 1.54) is 4.90 Å². The highest BCUT2D eigenvalue weighted by molar-refractivity contribution is 9.10. The third-order valence-corrected chi connectivity index (χ3v) is 3.27. The summed E-state index contributed by atoms with van der Waals surface area (Å²) in [5, 5.41) is 9.62. The molecule has 0 aromatic heterocycles. The molecule has 6 heteroatoms. The van der Waals surface area contributed by atoms with Gasteiger partial charge in [0.05, 0.1) is 0 Å². The minimum atomic E-state index is -1.10. The van der Waals surface area contributed by atoms with Gasteiger partial charge in [-0.15, -0.1) is 0 Å². The lowest BCUT2D eigenvalue weighted by Gasteiger charge is -2.25. The van der Waals surface area contributed by atoms with Gasteiger partial charge >= 0.3 is 5.97 Å². The molecule has 98 valence electrons. The number of carbonyl (C=O) groups is 2. The van der Waals surface area contributed by atoms with Crippen LogP contribution in [-0.2, 0) is 9.59 Å². The van der Waals surface area contributed by atoms with Crippen LogP contribution in [0.3, 0.4) is 0 Å². The van der Waals surface area contributed by atoms with Gasteiger partial charge in [-0.2, -0.15) is 0 Å². The summed E-state index contributed by atoms with van der Waals surface area (Å²) in [5.41, 5.74) is 0.402. The fourth-order valence-corrected chi connectivity index (χ4v) is 2.28. The number of carboxylic acids is 1. The number of carboxylic acid groups (broad SMARTS) is 1. The van der Waals surface area contributed by atoms with Crippen molar-refractivity contribution in [3.05, 3.63) is 33.3 Å². The largest absolute Gasteiger partial charge is 0.479 e. The van der Waals surface area contributed by atoms with Gasteiger partial charge in [0, 0.05) is 21.6 Å². The molecule has 1 amide bonds. The summed E-state index contributed by atoms with van der Waals surface area (Å²) in [7, 11) is 0. The summed E-state index contributed by atoms with van der Waals surface area (Å²) in [6.45, 7) is 2.24. The Morgan fingerprint density at radius 3 is 2.78 bits per heavy atom. The summed E-state index contributed by atoms with van der Waals surface area (Å²) in [6, 6.07) is 3.88. The Kier molecular flexibility index (Phi) is 5.62. The molecule has 1 aromatic rings. The smallest absolute Gasteiger partial charge is 0.331 e. The zero-order valence-corrected chi connectivity index (χ0v) is 12.1. The molecule has 1 rings (SSSR count). The van der Waals surface area contributed by atoms with Crippen LogP contribution < -0.4 is 0 Å². The van der Waals surface area contributed by atoms with Gasteiger partial charge in [0.25, 0.3) is 0 Å². The molecule has 18 heavy (non-hydrogen) atoms. The molecule has 1 N–H and O–H groups in total. The quantitative estimate of drug-likeness (QED) is 0.813. The van der Waals surface area contributed by atoms with E-state index in [1.54, 1.807) is 18.2 Å². The van der Waals surface area contributed by atoms with Gasteiger partial charge in [-0.3, -0.25) is 4.79 Å². The average Bonchev–Trinajstić information content (AvgIpc) is 2.32. The molecule has 1 atom stereocenters. The number of carbonyl (C=O) groups excluding carboxylic acids is 1. The summed E-state index contributed by atoms with van der Waals surface area (Å²) < 4.78 is 0.718. The first kappa shape index (κ1) is 15.0. The lowest BCUT2D eigenvalue weighted by Crippen LogP contribution is -2.33. The normalized spacial score (nSPS) is 11.9. The predicted octanol–water partition coefficient (Wildman–Crippen LogP) is 3.10. The number of hydrogen-bond acceptors (Lipinski definition) is 2. The molecule has 0 bridgehead atoms. The van der Waals surface area contributed by atoms with Gasteiger partial charge in [-0.05, 0) is 24.6 Å². The average molecular weight is 335 g/mol. The monoisotopic (exact) mass is 333 g/mol. The van der Waals surface area contributed by atoms with Gasteiger partial charge in [0.15, 0.2) is 6.04 Å². The minimum Gasteiger partial charge on any atom is -0.479 e. The van der Waals surface area contributed by atoms with Gasteiger partial charge in [0.1, 0.15) is 0 Å². The van der Waals surface area contributed by atoms with E-state index in [9.17, 15) is 14.7 Å². The van der Waals surface area contributed by atoms with Crippen molar-refractivity contribution >= 4 is 39.9 Å². The molecular formula is C12H13BrClNO3. The molecule has 0 aliphatic carbocycles. The standard InChI is InChI=1S/C12H13BrClNO3/c1-2-5-15(7-16)11(12(17)18)9-6-8(13)3-4-10(9)14/h3-4,6-7,11H,2,5H2,1H3,(H,17,18). The summed E-state index contributed by atoms with van der Waals surface area (Å²) in [4.78, 5) is 23.6. The van der Waals surface area contributed by atoms with Gasteiger partial charge in [0.2, 0.25) is 6.41 Å². The fraction of sp³-hybridized carbons (Fsp3) is 0.333. The SMILES string of the molecule is CCCN(C=O)C(C(=O)O)c1cc(Br)ccc1Cl. The highest BCUT2D eigenvalue weighted by Crippen LogP contribution is 2.30. The molecule has 1 aromatic carbocycles. The van der Waals surface area contributed by atoms with E-state index in [4.69, 9.17) is 11.6 Å². The molecular weight excluding hydrogens is 321 g/mol. The van der Waals surface area contributed by atoms with Crippen molar-refractivity contribution in [2.75, 3.05) is 6.54 Å². The Hall–Kier alpha value is -1.07. The molecule has 1 unspecified atom stereocenters. The van der Waals surface area contributed by atoms with Crippen molar-refractivity contribution in [1.29, 1.82) is 0 Å². The number of amides is 1. The first-order valence-electron chi connectivity index (χ1n) is 5.40. The van der Waals surface area contributed by atoms with E-state index in [0.717, 1.165) is 4.47 Å². The maximum absolute atomic E-state index is 11.4. The third-order valence-electron chi connectivity index (χ3n) is 2.44. The Balaban J connectivity index is 3.22. The van der Waals surface area contributed by atoms with Gasteiger partial charge in [-0.1, -0.05) is 34.5 Å². The van der Waals surface area contributed by atoms with E-state index in [1.807, 2.05) is 6.92 Å². The van der Waals surface area contributed by atoms with Gasteiger partial charge in [-0.25, -0.2) is 4.79 Å². The van der Waals surface area contributed by atoms with Crippen LogP contribution in [0.2, 0.25) is 5.02 Å². The summed E-state index contributed by atoms with van der Waals surface area (Å²) >= 11 is 9.27. The number of aliphatic carboxylic acids is 1. The van der Waals surface area contributed by atoms with Gasteiger partial charge < -0.3 is 10.0 Å². The van der Waals surface area contributed by atoms with Crippen molar-refractivity contribution in [2.45, 2.75) is 19.4 Å². The molecule has 0 saturated carbocycles. The number of benzene rings is 1. The zero-order valence-electron chi connectivity index (χ0n) is 9.77. The first-order valence-corrected chi connectivity index (χ1v) is 6.57. The third kappa shape index (κ3) is 3.46. The molecule has 4 nitrogen and oxygen atoms in total. The number of rotatable bonds is 6. The van der Waals surface area contributed by atoms with Crippen LogP contribution in [0.25, 0.3) is 0 Å². The van der Waals surface area contributed by atoms with Crippen LogP contribution >= 0.6 is 27.5 Å². The van der Waals surface area contributed by atoms with Crippen LogP contribution in [0.15, 0.2) is 22.7 Å². The van der Waals surface area contributed by atoms with Crippen molar-refractivity contribution in [2.24, 2.45) is 0 Å². The van der Waals surface area contributed by atoms with Crippen LogP contribution in [0.5, 0.6) is 0 Å². The fourth-order valence-electron chi connectivity index (χ4n) is 1.68. The maximum atomic E-state index is 11.4. The Labute approximate surface area is 119 Å². The van der Waals surface area contributed by atoms with E-state index < -0.39 is 12.0 Å². The highest BCUT2D eigenvalue weighted by Gasteiger charge is 2.28. The Morgan fingerprint density at radius 2 is 2.28 bits per heavy atom. The second-order valence-electron chi connectivity index (χ2n) is 3.75. The van der Waals surface area contributed by atoms with E-state index in [0.29, 0.717) is 30.0 Å². The molecule has 0 aliphatic heterocycles. The number of hydrogen-bond donors (Lipinski definition) is 1. The summed E-state index contributed by atoms with van der Waals surface area (Å²) in [6.07, 6.45) is 1.22. The highest BCUT2D eigenvalue weighted by atomic mass is 79.9. The Bertz CT molecular complexity index is 453. The molecule has 0 heterocycles. The van der Waals surface area contributed by atoms with E-state index in [-0.39, 0.29) is 0 Å². The second kappa shape index (κ2) is 6.75. The van der Waals surface area contributed by atoms with Crippen LogP contribution in [0, 0.1) is 0 Å². The topological polar surface area (TPSA) is 57.6 Å². The molecule has 0 radical (unpaired) electrons. The lowest BCUT2D eigenvalue weighted by molar-refractivity contribution is -0.146. The predicted molar refractivity (Wildman–Crippen MR) is 72.6 cm³/mol. The number of halogens is 2.